The molecule has 2 atom stereocenters. The van der Waals surface area contributed by atoms with E-state index in [2.05, 4.69) is 41.5 Å². The van der Waals surface area contributed by atoms with Gasteiger partial charge in [0.25, 0.3) is 0 Å². The Labute approximate surface area is 184 Å². The van der Waals surface area contributed by atoms with Crippen molar-refractivity contribution in [2.45, 2.75) is 77.7 Å². The molecule has 0 bridgehead atoms. The van der Waals surface area contributed by atoms with E-state index in [0.717, 1.165) is 30.2 Å². The lowest BCUT2D eigenvalue weighted by Gasteiger charge is -2.30. The van der Waals surface area contributed by atoms with Crippen LogP contribution in [0.5, 0.6) is 5.75 Å². The summed E-state index contributed by atoms with van der Waals surface area (Å²) in [6.07, 6.45) is 0.945. The van der Waals surface area contributed by atoms with Gasteiger partial charge >= 0.3 is 6.09 Å². The van der Waals surface area contributed by atoms with E-state index in [9.17, 15) is 4.79 Å². The Morgan fingerprint density at radius 3 is 2.71 bits per heavy atom. The zero-order valence-corrected chi connectivity index (χ0v) is 19.3. The number of hydrogen-bond acceptors (Lipinski definition) is 6. The minimum absolute atomic E-state index is 0.0737. The molecule has 0 saturated carbocycles. The van der Waals surface area contributed by atoms with Crippen molar-refractivity contribution in [2.24, 2.45) is 7.05 Å². The molecule has 1 N–H and O–H groups in total. The van der Waals surface area contributed by atoms with Crippen LogP contribution in [0.2, 0.25) is 0 Å². The van der Waals surface area contributed by atoms with Crippen LogP contribution >= 0.6 is 0 Å². The number of hydrogen-bond donors (Lipinski definition) is 1. The number of carbonyl (C=O) groups excluding carboxylic acids is 1. The van der Waals surface area contributed by atoms with E-state index in [4.69, 9.17) is 14.2 Å². The van der Waals surface area contributed by atoms with Crippen molar-refractivity contribution in [1.29, 1.82) is 0 Å². The Morgan fingerprint density at radius 2 is 2.06 bits per heavy atom. The highest BCUT2D eigenvalue weighted by Gasteiger charge is 2.29. The van der Waals surface area contributed by atoms with Gasteiger partial charge in [0.15, 0.2) is 11.6 Å². The molecule has 2 aromatic rings. The highest BCUT2D eigenvalue weighted by Crippen LogP contribution is 2.27. The van der Waals surface area contributed by atoms with E-state index >= 15 is 0 Å². The van der Waals surface area contributed by atoms with Crippen molar-refractivity contribution in [3.05, 3.63) is 41.5 Å². The summed E-state index contributed by atoms with van der Waals surface area (Å²) in [6, 6.07) is 8.04. The lowest BCUT2D eigenvalue weighted by molar-refractivity contribution is -0.0149. The molecule has 1 aliphatic rings. The Hall–Kier alpha value is -2.61. The fourth-order valence-corrected chi connectivity index (χ4v) is 3.44. The molecule has 1 aromatic heterocycles. The maximum atomic E-state index is 12.0. The topological polar surface area (TPSA) is 87.5 Å². The van der Waals surface area contributed by atoms with E-state index in [1.54, 1.807) is 0 Å². The van der Waals surface area contributed by atoms with Crippen LogP contribution in [0.3, 0.4) is 0 Å². The number of amides is 1. The van der Waals surface area contributed by atoms with Gasteiger partial charge in [-0.15, -0.1) is 10.2 Å². The zero-order chi connectivity index (χ0) is 22.6. The van der Waals surface area contributed by atoms with Crippen molar-refractivity contribution in [3.63, 3.8) is 0 Å². The quantitative estimate of drug-likeness (QED) is 0.737. The zero-order valence-electron chi connectivity index (χ0n) is 19.3. The third-order valence-corrected chi connectivity index (χ3v) is 5.18. The monoisotopic (exact) mass is 430 g/mol. The average molecular weight is 431 g/mol. The Bertz CT molecular complexity index is 880. The molecule has 0 unspecified atom stereocenters. The summed E-state index contributed by atoms with van der Waals surface area (Å²) in [7, 11) is 1.92. The number of aromatic nitrogens is 3. The molecule has 1 amide bonds. The fraction of sp³-hybridized carbons (Fsp3) is 0.609. The predicted molar refractivity (Wildman–Crippen MR) is 117 cm³/mol. The summed E-state index contributed by atoms with van der Waals surface area (Å²) in [4.78, 5) is 12.0. The number of benzene rings is 1. The lowest BCUT2D eigenvalue weighted by atomic mass is 10.0. The van der Waals surface area contributed by atoms with Crippen molar-refractivity contribution in [1.82, 2.24) is 20.1 Å². The molecule has 0 radical (unpaired) electrons. The second kappa shape index (κ2) is 9.68. The van der Waals surface area contributed by atoms with Crippen LogP contribution in [-0.2, 0) is 23.1 Å². The smallest absolute Gasteiger partial charge is 0.407 e. The van der Waals surface area contributed by atoms with Crippen LogP contribution in [0, 0.1) is 0 Å². The molecule has 0 aliphatic carbocycles. The summed E-state index contributed by atoms with van der Waals surface area (Å²) < 4.78 is 19.2. The van der Waals surface area contributed by atoms with Crippen molar-refractivity contribution >= 4 is 6.09 Å². The molecule has 170 valence electrons. The predicted octanol–water partition coefficient (Wildman–Crippen LogP) is 4.26. The molecular formula is C23H34N4O4. The van der Waals surface area contributed by atoms with Crippen LogP contribution in [0.25, 0.3) is 0 Å². The molecular weight excluding hydrogens is 396 g/mol. The van der Waals surface area contributed by atoms with E-state index in [0.29, 0.717) is 19.1 Å². The highest BCUT2D eigenvalue weighted by molar-refractivity contribution is 5.68. The molecule has 1 aromatic carbocycles. The Kier molecular flexibility index (Phi) is 7.20. The number of nitrogens with zero attached hydrogens (tertiary/aromatic N) is 3. The van der Waals surface area contributed by atoms with E-state index in [1.807, 2.05) is 44.5 Å². The molecule has 1 aliphatic heterocycles. The molecule has 3 rings (SSSR count). The van der Waals surface area contributed by atoms with E-state index < -0.39 is 11.7 Å². The minimum atomic E-state index is -0.519. The van der Waals surface area contributed by atoms with Gasteiger partial charge in [-0.2, -0.15) is 0 Å². The van der Waals surface area contributed by atoms with Crippen LogP contribution in [0.1, 0.15) is 76.7 Å². The van der Waals surface area contributed by atoms with E-state index in [-0.39, 0.29) is 12.1 Å². The van der Waals surface area contributed by atoms with Crippen molar-refractivity contribution in [3.8, 4) is 5.75 Å². The van der Waals surface area contributed by atoms with Gasteiger partial charge in [-0.05, 0) is 57.2 Å². The maximum absolute atomic E-state index is 12.0. The fourth-order valence-electron chi connectivity index (χ4n) is 3.44. The number of carbonyl (C=O) groups is 1. The van der Waals surface area contributed by atoms with Gasteiger partial charge in [-0.3, -0.25) is 0 Å². The summed E-state index contributed by atoms with van der Waals surface area (Å²) >= 11 is 0. The van der Waals surface area contributed by atoms with Crippen molar-refractivity contribution in [2.75, 3.05) is 6.61 Å². The first-order valence-electron chi connectivity index (χ1n) is 10.8. The number of nitrogens with one attached hydrogen (secondary N) is 1. The van der Waals surface area contributed by atoms with Gasteiger partial charge in [-0.25, -0.2) is 4.79 Å². The second-order valence-corrected chi connectivity index (χ2v) is 9.29. The van der Waals surface area contributed by atoms with Crippen LogP contribution in [0.4, 0.5) is 4.79 Å². The normalized spacial score (nSPS) is 19.3. The van der Waals surface area contributed by atoms with Gasteiger partial charge in [0, 0.05) is 7.05 Å². The Balaban J connectivity index is 1.53. The summed E-state index contributed by atoms with van der Waals surface area (Å²) in [5.74, 6) is 2.77. The molecule has 1 fully saturated rings. The summed E-state index contributed by atoms with van der Waals surface area (Å²) in [5.41, 5.74) is 0.719. The number of alkyl carbamates (subject to hydrolysis) is 1. The average Bonchev–Trinajstić information content (AvgIpc) is 3.06. The van der Waals surface area contributed by atoms with Gasteiger partial charge in [0.05, 0.1) is 12.6 Å². The summed E-state index contributed by atoms with van der Waals surface area (Å²) in [5, 5.41) is 11.5. The second-order valence-electron chi connectivity index (χ2n) is 9.29. The molecule has 8 heteroatoms. The largest absolute Gasteiger partial charge is 0.486 e. The van der Waals surface area contributed by atoms with Crippen LogP contribution in [-0.4, -0.2) is 39.1 Å². The molecule has 2 heterocycles. The number of rotatable bonds is 6. The first kappa shape index (κ1) is 23.1. The molecule has 31 heavy (non-hydrogen) atoms. The third kappa shape index (κ3) is 6.43. The first-order valence-corrected chi connectivity index (χ1v) is 10.8. The Morgan fingerprint density at radius 1 is 1.29 bits per heavy atom. The standard InChI is InChI=1S/C23H34N4O4/c1-15(2)16-8-7-9-18(12-16)29-14-20-25-26-21(27(20)6)19-11-10-17(13-30-19)24-22(28)31-23(3,4)5/h7-9,12,15,17,19H,10-11,13-14H2,1-6H3,(H,24,28)/t17-,19+/m1/s1. The highest BCUT2D eigenvalue weighted by atomic mass is 16.6. The minimum Gasteiger partial charge on any atom is -0.486 e. The summed E-state index contributed by atoms with van der Waals surface area (Å²) in [6.45, 7) is 10.6. The van der Waals surface area contributed by atoms with E-state index in [1.165, 1.54) is 5.56 Å². The third-order valence-electron chi connectivity index (χ3n) is 5.18. The lowest BCUT2D eigenvalue weighted by Crippen LogP contribution is -2.43. The van der Waals surface area contributed by atoms with Crippen LogP contribution < -0.4 is 10.1 Å². The van der Waals surface area contributed by atoms with Gasteiger partial charge < -0.3 is 24.1 Å². The number of ether oxygens (including phenoxy) is 3. The molecule has 1 saturated heterocycles. The molecule has 0 spiro atoms. The van der Waals surface area contributed by atoms with Gasteiger partial charge in [-0.1, -0.05) is 26.0 Å². The first-order chi connectivity index (χ1) is 14.6. The van der Waals surface area contributed by atoms with Crippen molar-refractivity contribution < 1.29 is 19.0 Å². The van der Waals surface area contributed by atoms with Crippen LogP contribution in [0.15, 0.2) is 24.3 Å². The molecule has 8 nitrogen and oxygen atoms in total. The van der Waals surface area contributed by atoms with Gasteiger partial charge in [0.1, 0.15) is 24.1 Å². The SMILES string of the molecule is CC(C)c1cccc(OCc2nnc([C@@H]3CC[C@@H](NC(=O)OC(C)(C)C)CO3)n2C)c1. The maximum Gasteiger partial charge on any atom is 0.407 e. The van der Waals surface area contributed by atoms with Gasteiger partial charge in [0.2, 0.25) is 0 Å².